The van der Waals surface area contributed by atoms with Gasteiger partial charge >= 0.3 is 0 Å². The monoisotopic (exact) mass is 1150 g/mol. The van der Waals surface area contributed by atoms with E-state index in [4.69, 9.17) is 0 Å². The van der Waals surface area contributed by atoms with E-state index >= 15 is 0 Å². The van der Waals surface area contributed by atoms with Gasteiger partial charge in [0.15, 0.2) is 0 Å². The first kappa shape index (κ1) is 52.8. The lowest BCUT2D eigenvalue weighted by atomic mass is 9.81. The van der Waals surface area contributed by atoms with Gasteiger partial charge in [-0.15, -0.1) is 0 Å². The van der Waals surface area contributed by atoms with E-state index in [0.717, 1.165) is 34.1 Å². The van der Waals surface area contributed by atoms with Gasteiger partial charge in [0.1, 0.15) is 0 Å². The van der Waals surface area contributed by atoms with Gasteiger partial charge in [-0.3, -0.25) is 0 Å². The van der Waals surface area contributed by atoms with Gasteiger partial charge in [0.2, 0.25) is 0 Å². The first-order chi connectivity index (χ1) is 43.6. The highest BCUT2D eigenvalue weighted by atomic mass is 15.1. The van der Waals surface area contributed by atoms with E-state index in [1.165, 1.54) is 143 Å². The Bertz CT molecular complexity index is 4790. The van der Waals surface area contributed by atoms with Crippen LogP contribution < -0.4 is 9.80 Å². The maximum Gasteiger partial charge on any atom is 0.0465 e. The van der Waals surface area contributed by atoms with Crippen molar-refractivity contribution in [1.29, 1.82) is 0 Å². The number of nitrogens with zero attached hydrogens (tertiary/aromatic N) is 2. The van der Waals surface area contributed by atoms with Gasteiger partial charge in [-0.1, -0.05) is 250 Å². The van der Waals surface area contributed by atoms with Crippen molar-refractivity contribution in [2.45, 2.75) is 77.0 Å². The zero-order chi connectivity index (χ0) is 60.7. The van der Waals surface area contributed by atoms with E-state index in [1.54, 1.807) is 0 Å². The molecule has 430 valence electrons. The van der Waals surface area contributed by atoms with Gasteiger partial charge in [-0.25, -0.2) is 0 Å². The molecule has 0 bridgehead atoms. The van der Waals surface area contributed by atoms with Crippen molar-refractivity contribution in [3.05, 3.63) is 311 Å². The molecular formula is C88H68N2. The van der Waals surface area contributed by atoms with E-state index in [1.807, 2.05) is 0 Å². The zero-order valence-electron chi connectivity index (χ0n) is 52.3. The summed E-state index contributed by atoms with van der Waals surface area (Å²) in [6.45, 7) is 19.2. The Kier molecular flexibility index (Phi) is 10.9. The molecule has 0 saturated carbocycles. The van der Waals surface area contributed by atoms with Crippen molar-refractivity contribution in [1.82, 2.24) is 0 Å². The van der Waals surface area contributed by atoms with Crippen LogP contribution in [-0.2, 0) is 21.7 Å². The van der Waals surface area contributed by atoms with Crippen LogP contribution >= 0.6 is 0 Å². The van der Waals surface area contributed by atoms with Crippen LogP contribution in [0.5, 0.6) is 0 Å². The highest BCUT2D eigenvalue weighted by Gasteiger charge is 2.42. The summed E-state index contributed by atoms with van der Waals surface area (Å²) in [5, 5.41) is 10.4. The molecule has 0 N–H and O–H groups in total. The van der Waals surface area contributed by atoms with Gasteiger partial charge < -0.3 is 9.80 Å². The van der Waals surface area contributed by atoms with Crippen molar-refractivity contribution in [3.8, 4) is 55.6 Å². The van der Waals surface area contributed by atoms with E-state index in [2.05, 4.69) is 332 Å². The molecule has 0 fully saturated rings. The molecule has 0 radical (unpaired) electrons. The Hall–Kier alpha value is -10.3. The van der Waals surface area contributed by atoms with Crippen LogP contribution in [0.2, 0.25) is 0 Å². The lowest BCUT2D eigenvalue weighted by Crippen LogP contribution is -2.18. The molecule has 0 heterocycles. The standard InChI is InChI=1S/C88H68N2/c1-85(2)73-45-29-55-17-9-13-21-65(55)81(73)69-41-37-61(49-77(69)85)89(62-38-42-70-78(50-62)86(3,4)74-46-30-56-18-10-14-22-66(56)82(70)74)59-33-25-53(26-34-59)54-27-35-60(36-28-54)90(63-39-43-71-79(51-63)87(5,6)75-47-31-57-19-11-15-23-67(57)83(71)75)64-40-44-72-80(52-64)88(7,8)76-48-32-58-20-12-16-24-68(58)84(72)76/h9-52H,1-8H3. The van der Waals surface area contributed by atoms with Gasteiger partial charge in [-0.05, 0) is 216 Å². The van der Waals surface area contributed by atoms with Crippen LogP contribution in [0.15, 0.2) is 267 Å². The number of anilines is 6. The molecule has 14 aromatic rings. The topological polar surface area (TPSA) is 6.48 Å². The Morgan fingerprint density at radius 2 is 0.422 bits per heavy atom. The molecule has 2 heteroatoms. The summed E-state index contributed by atoms with van der Waals surface area (Å²) in [5.41, 5.74) is 30.1. The molecule has 0 spiro atoms. The van der Waals surface area contributed by atoms with Crippen molar-refractivity contribution in [3.63, 3.8) is 0 Å². The minimum atomic E-state index is -0.193. The molecule has 14 aromatic carbocycles. The lowest BCUT2D eigenvalue weighted by Gasteiger charge is -2.30. The molecule has 4 aliphatic carbocycles. The van der Waals surface area contributed by atoms with Crippen LogP contribution in [-0.4, -0.2) is 0 Å². The maximum absolute atomic E-state index is 2.50. The van der Waals surface area contributed by atoms with Gasteiger partial charge in [0.05, 0.1) is 0 Å². The van der Waals surface area contributed by atoms with Gasteiger partial charge in [0.25, 0.3) is 0 Å². The molecule has 90 heavy (non-hydrogen) atoms. The van der Waals surface area contributed by atoms with E-state index in [9.17, 15) is 0 Å². The molecule has 4 aliphatic rings. The van der Waals surface area contributed by atoms with Crippen LogP contribution in [0.25, 0.3) is 98.7 Å². The largest absolute Gasteiger partial charge is 0.310 e. The first-order valence-corrected chi connectivity index (χ1v) is 32.1. The third kappa shape index (κ3) is 7.34. The molecule has 0 unspecified atom stereocenters. The van der Waals surface area contributed by atoms with Crippen LogP contribution in [0.1, 0.15) is 99.9 Å². The Labute approximate surface area is 528 Å². The Morgan fingerprint density at radius 3 is 0.667 bits per heavy atom. The van der Waals surface area contributed by atoms with Crippen LogP contribution in [0.4, 0.5) is 34.1 Å². The highest BCUT2D eigenvalue weighted by Crippen LogP contribution is 2.58. The fourth-order valence-corrected chi connectivity index (χ4v) is 17.0. The molecule has 0 amide bonds. The molecule has 0 aliphatic heterocycles. The molecule has 2 nitrogen and oxygen atoms in total. The summed E-state index contributed by atoms with van der Waals surface area (Å²) in [6.07, 6.45) is 0. The quantitative estimate of drug-likeness (QED) is 0.157. The second-order valence-corrected chi connectivity index (χ2v) is 28.0. The first-order valence-electron chi connectivity index (χ1n) is 32.1. The minimum Gasteiger partial charge on any atom is -0.310 e. The molecular weight excluding hydrogens is 1080 g/mol. The zero-order valence-corrected chi connectivity index (χ0v) is 52.3. The third-order valence-corrected chi connectivity index (χ3v) is 21.8. The third-order valence-electron chi connectivity index (χ3n) is 21.8. The summed E-state index contributed by atoms with van der Waals surface area (Å²) in [5.74, 6) is 0. The Balaban J connectivity index is 0.750. The normalized spacial score (nSPS) is 15.2. The summed E-state index contributed by atoms with van der Waals surface area (Å²) < 4.78 is 0. The number of hydrogen-bond donors (Lipinski definition) is 0. The maximum atomic E-state index is 2.50. The van der Waals surface area contributed by atoms with Crippen molar-refractivity contribution < 1.29 is 0 Å². The van der Waals surface area contributed by atoms with Gasteiger partial charge in [-0.2, -0.15) is 0 Å². The number of fused-ring (bicyclic) bond motifs is 20. The molecule has 0 atom stereocenters. The smallest absolute Gasteiger partial charge is 0.0465 e. The summed E-state index contributed by atoms with van der Waals surface area (Å²) in [4.78, 5) is 4.99. The predicted molar refractivity (Wildman–Crippen MR) is 382 cm³/mol. The fourth-order valence-electron chi connectivity index (χ4n) is 17.0. The van der Waals surface area contributed by atoms with Crippen LogP contribution in [0.3, 0.4) is 0 Å². The fraction of sp³-hybridized carbons (Fsp3) is 0.136. The number of rotatable bonds is 7. The highest BCUT2D eigenvalue weighted by molar-refractivity contribution is 6.07. The SMILES string of the molecule is CC1(C)c2cc(N(c3ccc(-c4ccc(N(c5ccc6c(c5)C(C)(C)c5ccc7ccccc7c5-6)c5ccc6c(c5)C(C)(C)c5ccc7ccccc7c5-6)cc4)cc3)c3ccc4c(c3)C(C)(C)c3ccc5ccccc5c3-4)ccc2-c2c1ccc1ccccc21. The Morgan fingerprint density at radius 1 is 0.200 bits per heavy atom. The predicted octanol–water partition coefficient (Wildman–Crippen LogP) is 24.1. The average molecular weight is 1150 g/mol. The summed E-state index contributed by atoms with van der Waals surface area (Å²) in [6, 6.07) is 102. The van der Waals surface area contributed by atoms with Crippen molar-refractivity contribution >= 4 is 77.2 Å². The lowest BCUT2D eigenvalue weighted by molar-refractivity contribution is 0.660. The summed E-state index contributed by atoms with van der Waals surface area (Å²) >= 11 is 0. The minimum absolute atomic E-state index is 0.193. The number of benzene rings is 14. The van der Waals surface area contributed by atoms with Crippen molar-refractivity contribution in [2.24, 2.45) is 0 Å². The van der Waals surface area contributed by atoms with E-state index < -0.39 is 0 Å². The van der Waals surface area contributed by atoms with Crippen LogP contribution in [0, 0.1) is 0 Å². The van der Waals surface area contributed by atoms with Crippen molar-refractivity contribution in [2.75, 3.05) is 9.80 Å². The van der Waals surface area contributed by atoms with E-state index in [-0.39, 0.29) is 21.7 Å². The molecule has 18 rings (SSSR count). The second kappa shape index (κ2) is 18.6. The number of hydrogen-bond acceptors (Lipinski definition) is 2. The van der Waals surface area contributed by atoms with Gasteiger partial charge in [0, 0.05) is 55.8 Å². The molecule has 0 saturated heterocycles. The average Bonchev–Trinajstić information content (AvgIpc) is 1.60. The summed E-state index contributed by atoms with van der Waals surface area (Å²) in [7, 11) is 0. The molecule has 0 aromatic heterocycles. The van der Waals surface area contributed by atoms with E-state index in [0.29, 0.717) is 0 Å². The second-order valence-electron chi connectivity index (χ2n) is 28.0.